The maximum Gasteiger partial charge on any atom is 0.337 e. The summed E-state index contributed by atoms with van der Waals surface area (Å²) in [6.07, 6.45) is 0.846. The van der Waals surface area contributed by atoms with Crippen molar-refractivity contribution in [3.8, 4) is 0 Å². The van der Waals surface area contributed by atoms with Gasteiger partial charge in [0.05, 0.1) is 11.3 Å². The van der Waals surface area contributed by atoms with Crippen LogP contribution < -0.4 is 5.32 Å². The first-order chi connectivity index (χ1) is 9.97. The van der Waals surface area contributed by atoms with Gasteiger partial charge in [-0.15, -0.1) is 0 Å². The molecule has 0 saturated carbocycles. The molecule has 1 aliphatic heterocycles. The highest BCUT2D eigenvalue weighted by Gasteiger charge is 2.20. The Kier molecular flexibility index (Phi) is 4.74. The van der Waals surface area contributed by atoms with E-state index in [0.29, 0.717) is 13.1 Å². The third kappa shape index (κ3) is 3.91. The van der Waals surface area contributed by atoms with Crippen LogP contribution in [0.25, 0.3) is 0 Å². The van der Waals surface area contributed by atoms with E-state index in [1.807, 2.05) is 7.05 Å². The topological polar surface area (TPSA) is 72.9 Å². The number of likely N-dealkylation sites (N-methyl/N-ethyl adjacent to an activating group) is 1. The van der Waals surface area contributed by atoms with E-state index >= 15 is 0 Å². The lowest BCUT2D eigenvalue weighted by Gasteiger charge is -2.21. The Morgan fingerprint density at radius 1 is 1.24 bits per heavy atom. The Morgan fingerprint density at radius 3 is 2.71 bits per heavy atom. The number of aromatic carboxylic acids is 1. The zero-order valence-electron chi connectivity index (χ0n) is 11.8. The fourth-order valence-corrected chi connectivity index (χ4v) is 2.25. The smallest absolute Gasteiger partial charge is 0.337 e. The summed E-state index contributed by atoms with van der Waals surface area (Å²) >= 11 is 0. The number of carbonyl (C=O) groups excluding carboxylic acids is 1. The molecule has 1 aliphatic rings. The van der Waals surface area contributed by atoms with Gasteiger partial charge in [0.2, 0.25) is 0 Å². The number of hydrogen-bond acceptors (Lipinski definition) is 3. The average Bonchev–Trinajstić information content (AvgIpc) is 2.63. The lowest BCUT2D eigenvalue weighted by molar-refractivity contribution is 0.0698. The molecular weight excluding hydrogens is 277 g/mol. The lowest BCUT2D eigenvalue weighted by atomic mass is 10.1. The maximum atomic E-state index is 13.3. The number of nitrogens with zero attached hydrogens (tertiary/aromatic N) is 2. The number of hydrogen-bond donors (Lipinski definition) is 2. The molecule has 1 saturated heterocycles. The van der Waals surface area contributed by atoms with Gasteiger partial charge in [-0.05, 0) is 38.2 Å². The van der Waals surface area contributed by atoms with Gasteiger partial charge >= 0.3 is 12.0 Å². The Balaban J connectivity index is 2.12. The van der Waals surface area contributed by atoms with E-state index in [2.05, 4.69) is 10.2 Å². The Hall–Kier alpha value is -2.15. The summed E-state index contributed by atoms with van der Waals surface area (Å²) in [7, 11) is 1.98. The van der Waals surface area contributed by atoms with Crippen molar-refractivity contribution in [1.29, 1.82) is 0 Å². The van der Waals surface area contributed by atoms with E-state index in [4.69, 9.17) is 5.11 Å². The third-order valence-electron chi connectivity index (χ3n) is 3.46. The average molecular weight is 295 g/mol. The van der Waals surface area contributed by atoms with E-state index in [0.717, 1.165) is 37.7 Å². The minimum absolute atomic E-state index is 0.0231. The maximum absolute atomic E-state index is 13.3. The first-order valence-electron chi connectivity index (χ1n) is 6.74. The SMILES string of the molecule is CN1CCCN(C(=O)Nc2cc(F)ccc2C(=O)O)CC1. The van der Waals surface area contributed by atoms with Gasteiger partial charge in [-0.25, -0.2) is 14.0 Å². The van der Waals surface area contributed by atoms with Gasteiger partial charge < -0.3 is 20.2 Å². The van der Waals surface area contributed by atoms with Crippen molar-refractivity contribution in [3.05, 3.63) is 29.6 Å². The second-order valence-corrected chi connectivity index (χ2v) is 5.07. The summed E-state index contributed by atoms with van der Waals surface area (Å²) in [6.45, 7) is 2.81. The van der Waals surface area contributed by atoms with Gasteiger partial charge in [-0.2, -0.15) is 0 Å². The molecule has 2 amide bonds. The second-order valence-electron chi connectivity index (χ2n) is 5.07. The van der Waals surface area contributed by atoms with Crippen molar-refractivity contribution in [1.82, 2.24) is 9.80 Å². The fraction of sp³-hybridized carbons (Fsp3) is 0.429. The molecule has 1 aromatic rings. The molecule has 0 atom stereocenters. The molecule has 6 nitrogen and oxygen atoms in total. The molecule has 1 heterocycles. The summed E-state index contributed by atoms with van der Waals surface area (Å²) in [4.78, 5) is 27.0. The third-order valence-corrected chi connectivity index (χ3v) is 3.46. The van der Waals surface area contributed by atoms with Gasteiger partial charge in [0, 0.05) is 19.6 Å². The van der Waals surface area contributed by atoms with Crippen LogP contribution in [0, 0.1) is 5.82 Å². The van der Waals surface area contributed by atoms with Crippen molar-refractivity contribution in [3.63, 3.8) is 0 Å². The molecule has 0 spiro atoms. The predicted octanol–water partition coefficient (Wildman–Crippen LogP) is 1.69. The number of amides is 2. The van der Waals surface area contributed by atoms with Crippen LogP contribution in [0.15, 0.2) is 18.2 Å². The summed E-state index contributed by atoms with van der Waals surface area (Å²) in [5, 5.41) is 11.6. The fourth-order valence-electron chi connectivity index (χ4n) is 2.25. The first kappa shape index (κ1) is 15.2. The van der Waals surface area contributed by atoms with E-state index < -0.39 is 17.8 Å². The van der Waals surface area contributed by atoms with Crippen molar-refractivity contribution >= 4 is 17.7 Å². The number of nitrogens with one attached hydrogen (secondary N) is 1. The number of carboxylic acid groups (broad SMARTS) is 1. The molecule has 21 heavy (non-hydrogen) atoms. The molecule has 0 bridgehead atoms. The Morgan fingerprint density at radius 2 is 2.00 bits per heavy atom. The van der Waals surface area contributed by atoms with Gasteiger partial charge in [0.15, 0.2) is 0 Å². The van der Waals surface area contributed by atoms with Crippen LogP contribution in [0.3, 0.4) is 0 Å². The quantitative estimate of drug-likeness (QED) is 0.871. The first-order valence-corrected chi connectivity index (χ1v) is 6.74. The predicted molar refractivity (Wildman–Crippen MR) is 76.1 cm³/mol. The number of anilines is 1. The van der Waals surface area contributed by atoms with Gasteiger partial charge in [-0.1, -0.05) is 0 Å². The zero-order valence-corrected chi connectivity index (χ0v) is 11.8. The standard InChI is InChI=1S/C14H18FN3O3/c1-17-5-2-6-18(8-7-17)14(21)16-12-9-10(15)3-4-11(12)13(19)20/h3-4,9H,2,5-8H2,1H3,(H,16,21)(H,19,20). The van der Waals surface area contributed by atoms with Crippen LogP contribution in [0.5, 0.6) is 0 Å². The highest BCUT2D eigenvalue weighted by molar-refractivity contribution is 6.00. The molecule has 7 heteroatoms. The summed E-state index contributed by atoms with van der Waals surface area (Å²) in [5.74, 6) is -1.80. The van der Waals surface area contributed by atoms with Crippen LogP contribution in [-0.2, 0) is 0 Å². The highest BCUT2D eigenvalue weighted by atomic mass is 19.1. The van der Waals surface area contributed by atoms with E-state index in [1.165, 1.54) is 0 Å². The van der Waals surface area contributed by atoms with E-state index in [-0.39, 0.29) is 11.3 Å². The molecule has 2 rings (SSSR count). The molecule has 1 fully saturated rings. The van der Waals surface area contributed by atoms with E-state index in [9.17, 15) is 14.0 Å². The monoisotopic (exact) mass is 295 g/mol. The number of carboxylic acids is 1. The molecule has 0 unspecified atom stereocenters. The Labute approximate surface area is 122 Å². The summed E-state index contributed by atoms with van der Waals surface area (Å²) in [6, 6.07) is 2.81. The zero-order chi connectivity index (χ0) is 15.4. The molecule has 114 valence electrons. The minimum Gasteiger partial charge on any atom is -0.478 e. The van der Waals surface area contributed by atoms with Crippen LogP contribution in [0.4, 0.5) is 14.9 Å². The van der Waals surface area contributed by atoms with Crippen molar-refractivity contribution in [2.24, 2.45) is 0 Å². The van der Waals surface area contributed by atoms with Gasteiger partial charge in [0.25, 0.3) is 0 Å². The van der Waals surface area contributed by atoms with Gasteiger partial charge in [-0.3, -0.25) is 0 Å². The molecule has 1 aromatic carbocycles. The highest BCUT2D eigenvalue weighted by Crippen LogP contribution is 2.18. The van der Waals surface area contributed by atoms with Crippen LogP contribution in [-0.4, -0.2) is 60.1 Å². The molecule has 0 radical (unpaired) electrons. The largest absolute Gasteiger partial charge is 0.478 e. The van der Waals surface area contributed by atoms with Crippen LogP contribution in [0.1, 0.15) is 16.8 Å². The Bertz CT molecular complexity index is 550. The lowest BCUT2D eigenvalue weighted by Crippen LogP contribution is -2.38. The molecular formula is C14H18FN3O3. The van der Waals surface area contributed by atoms with Crippen LogP contribution >= 0.6 is 0 Å². The number of rotatable bonds is 2. The van der Waals surface area contributed by atoms with E-state index in [1.54, 1.807) is 4.90 Å². The molecule has 2 N–H and O–H groups in total. The number of urea groups is 1. The molecule has 0 aromatic heterocycles. The van der Waals surface area contributed by atoms with Gasteiger partial charge in [0.1, 0.15) is 5.82 Å². The second kappa shape index (κ2) is 6.53. The minimum atomic E-state index is -1.21. The number of benzene rings is 1. The normalized spacial score (nSPS) is 16.4. The van der Waals surface area contributed by atoms with Crippen molar-refractivity contribution < 1.29 is 19.1 Å². The summed E-state index contributed by atoms with van der Waals surface area (Å²) in [5.41, 5.74) is -0.151. The molecule has 0 aliphatic carbocycles. The van der Waals surface area contributed by atoms with Crippen LogP contribution in [0.2, 0.25) is 0 Å². The van der Waals surface area contributed by atoms with Crippen molar-refractivity contribution in [2.45, 2.75) is 6.42 Å². The number of carbonyl (C=O) groups is 2. The number of halogens is 1. The summed E-state index contributed by atoms with van der Waals surface area (Å²) < 4.78 is 13.3. The van der Waals surface area contributed by atoms with Crippen molar-refractivity contribution in [2.75, 3.05) is 38.5 Å².